The van der Waals surface area contributed by atoms with Crippen LogP contribution in [-0.4, -0.2) is 74.5 Å². The lowest BCUT2D eigenvalue weighted by molar-refractivity contribution is 0.0283. The minimum atomic E-state index is -2.81. The number of nitrogens with zero attached hydrogens (tertiary/aromatic N) is 2. The zero-order chi connectivity index (χ0) is 14.2. The van der Waals surface area contributed by atoms with Crippen LogP contribution in [0.4, 0.5) is 0 Å². The summed E-state index contributed by atoms with van der Waals surface area (Å²) in [4.78, 5) is 5.04. The Labute approximate surface area is 122 Å². The van der Waals surface area contributed by atoms with E-state index in [1.165, 1.54) is 19.4 Å². The Morgan fingerprint density at radius 1 is 1.05 bits per heavy atom. The molecule has 3 aliphatic rings. The van der Waals surface area contributed by atoms with E-state index in [0.29, 0.717) is 30.9 Å². The fraction of sp³-hybridized carbons (Fsp3) is 1.00. The molecule has 5 nitrogen and oxygen atoms in total. The van der Waals surface area contributed by atoms with Crippen LogP contribution in [0.1, 0.15) is 25.7 Å². The van der Waals surface area contributed by atoms with E-state index in [9.17, 15) is 8.42 Å². The van der Waals surface area contributed by atoms with Crippen molar-refractivity contribution < 1.29 is 8.42 Å². The maximum atomic E-state index is 11.6. The Bertz CT molecular complexity index is 425. The number of nitrogens with two attached hydrogens (primary N) is 1. The molecule has 0 aromatic carbocycles. The molecule has 0 aromatic heterocycles. The highest BCUT2D eigenvalue weighted by Gasteiger charge is 2.42. The SMILES string of the molecule is NCC1(N2CCN(CC3CC3)CC2)CCS(=O)(=O)CC1. The van der Waals surface area contributed by atoms with E-state index >= 15 is 0 Å². The van der Waals surface area contributed by atoms with E-state index in [0.717, 1.165) is 32.1 Å². The maximum absolute atomic E-state index is 11.6. The summed E-state index contributed by atoms with van der Waals surface area (Å²) >= 11 is 0. The van der Waals surface area contributed by atoms with Crippen LogP contribution >= 0.6 is 0 Å². The lowest BCUT2D eigenvalue weighted by Gasteiger charge is -2.49. The molecule has 1 aliphatic carbocycles. The summed E-state index contributed by atoms with van der Waals surface area (Å²) in [5.74, 6) is 1.57. The second-order valence-electron chi connectivity index (χ2n) is 6.81. The first-order chi connectivity index (χ1) is 9.53. The molecule has 0 radical (unpaired) electrons. The predicted molar refractivity (Wildman–Crippen MR) is 80.4 cm³/mol. The molecule has 6 heteroatoms. The van der Waals surface area contributed by atoms with Gasteiger partial charge in [0, 0.05) is 44.8 Å². The minimum Gasteiger partial charge on any atom is -0.329 e. The molecule has 3 rings (SSSR count). The van der Waals surface area contributed by atoms with Crippen molar-refractivity contribution in [3.05, 3.63) is 0 Å². The van der Waals surface area contributed by atoms with Crippen LogP contribution in [0.15, 0.2) is 0 Å². The highest BCUT2D eigenvalue weighted by molar-refractivity contribution is 7.91. The molecule has 116 valence electrons. The van der Waals surface area contributed by atoms with E-state index < -0.39 is 9.84 Å². The van der Waals surface area contributed by atoms with Crippen molar-refractivity contribution in [2.45, 2.75) is 31.2 Å². The fourth-order valence-corrected chi connectivity index (χ4v) is 5.22. The Morgan fingerprint density at radius 3 is 2.15 bits per heavy atom. The zero-order valence-electron chi connectivity index (χ0n) is 12.3. The summed E-state index contributed by atoms with van der Waals surface area (Å²) < 4.78 is 23.3. The highest BCUT2D eigenvalue weighted by Crippen LogP contribution is 2.32. The molecule has 2 N–H and O–H groups in total. The Hall–Kier alpha value is -0.170. The van der Waals surface area contributed by atoms with Gasteiger partial charge in [-0.05, 0) is 31.6 Å². The average molecular weight is 301 g/mol. The first-order valence-corrected chi connectivity index (χ1v) is 9.73. The molecule has 0 atom stereocenters. The minimum absolute atomic E-state index is 0.0585. The third-order valence-corrected chi connectivity index (χ3v) is 7.05. The van der Waals surface area contributed by atoms with Crippen molar-refractivity contribution in [1.29, 1.82) is 0 Å². The van der Waals surface area contributed by atoms with Crippen LogP contribution in [0.25, 0.3) is 0 Å². The van der Waals surface area contributed by atoms with E-state index in [1.807, 2.05) is 0 Å². The summed E-state index contributed by atoms with van der Waals surface area (Å²) in [5, 5.41) is 0. The highest BCUT2D eigenvalue weighted by atomic mass is 32.2. The van der Waals surface area contributed by atoms with E-state index in [1.54, 1.807) is 0 Å². The molecule has 20 heavy (non-hydrogen) atoms. The smallest absolute Gasteiger partial charge is 0.150 e. The molecule has 0 unspecified atom stereocenters. The van der Waals surface area contributed by atoms with Gasteiger partial charge in [-0.2, -0.15) is 0 Å². The molecular formula is C14H27N3O2S. The molecule has 3 fully saturated rings. The Balaban J connectivity index is 1.57. The fourth-order valence-electron chi connectivity index (χ4n) is 3.64. The van der Waals surface area contributed by atoms with Crippen molar-refractivity contribution in [1.82, 2.24) is 9.80 Å². The first kappa shape index (κ1) is 14.8. The molecule has 2 aliphatic heterocycles. The summed E-state index contributed by atoms with van der Waals surface area (Å²) in [6.45, 7) is 6.17. The molecule has 0 aromatic rings. The van der Waals surface area contributed by atoms with Gasteiger partial charge >= 0.3 is 0 Å². The van der Waals surface area contributed by atoms with Crippen molar-refractivity contribution >= 4 is 9.84 Å². The monoisotopic (exact) mass is 301 g/mol. The molecule has 1 saturated carbocycles. The molecule has 0 spiro atoms. The first-order valence-electron chi connectivity index (χ1n) is 7.91. The third kappa shape index (κ3) is 3.18. The molecule has 2 heterocycles. The standard InChI is InChI=1S/C14H27N3O2S/c15-12-14(3-9-20(18,19)10-4-14)17-7-5-16(6-8-17)11-13-1-2-13/h13H,1-12,15H2. The van der Waals surface area contributed by atoms with Gasteiger partial charge < -0.3 is 10.6 Å². The van der Waals surface area contributed by atoms with Gasteiger partial charge in [-0.25, -0.2) is 8.42 Å². The third-order valence-electron chi connectivity index (χ3n) is 5.39. The number of hydrogen-bond donors (Lipinski definition) is 1. The summed E-state index contributed by atoms with van der Waals surface area (Å²) in [6, 6.07) is 0. The van der Waals surface area contributed by atoms with E-state index in [4.69, 9.17) is 5.73 Å². The summed E-state index contributed by atoms with van der Waals surface area (Å²) in [6.07, 6.45) is 4.25. The van der Waals surface area contributed by atoms with Crippen molar-refractivity contribution in [2.24, 2.45) is 11.7 Å². The molecular weight excluding hydrogens is 274 g/mol. The van der Waals surface area contributed by atoms with Crippen molar-refractivity contribution in [3.63, 3.8) is 0 Å². The second-order valence-corrected chi connectivity index (χ2v) is 9.11. The van der Waals surface area contributed by atoms with Gasteiger partial charge in [0.1, 0.15) is 9.84 Å². The number of sulfone groups is 1. The van der Waals surface area contributed by atoms with Gasteiger partial charge in [0.25, 0.3) is 0 Å². The number of hydrogen-bond acceptors (Lipinski definition) is 5. The number of rotatable bonds is 4. The summed E-state index contributed by atoms with van der Waals surface area (Å²) in [7, 11) is -2.81. The molecule has 0 bridgehead atoms. The lowest BCUT2D eigenvalue weighted by atomic mass is 9.89. The predicted octanol–water partition coefficient (Wildman–Crippen LogP) is -0.0799. The van der Waals surface area contributed by atoms with Crippen molar-refractivity contribution in [3.8, 4) is 0 Å². The molecule has 2 saturated heterocycles. The molecule has 0 amide bonds. The topological polar surface area (TPSA) is 66.6 Å². The van der Waals surface area contributed by atoms with E-state index in [-0.39, 0.29) is 5.54 Å². The average Bonchev–Trinajstić information content (AvgIpc) is 3.25. The van der Waals surface area contributed by atoms with Crippen molar-refractivity contribution in [2.75, 3.05) is 50.8 Å². The zero-order valence-corrected chi connectivity index (χ0v) is 13.1. The van der Waals surface area contributed by atoms with Crippen LogP contribution in [0.2, 0.25) is 0 Å². The van der Waals surface area contributed by atoms with Gasteiger partial charge in [-0.3, -0.25) is 4.90 Å². The van der Waals surface area contributed by atoms with Gasteiger partial charge in [0.2, 0.25) is 0 Å². The van der Waals surface area contributed by atoms with Crippen LogP contribution in [0.3, 0.4) is 0 Å². The number of piperazine rings is 1. The lowest BCUT2D eigenvalue weighted by Crippen LogP contribution is -2.62. The summed E-state index contributed by atoms with van der Waals surface area (Å²) in [5.41, 5.74) is 5.97. The van der Waals surface area contributed by atoms with Crippen LogP contribution < -0.4 is 5.73 Å². The van der Waals surface area contributed by atoms with Gasteiger partial charge in [-0.15, -0.1) is 0 Å². The normalized spacial score (nSPS) is 31.2. The maximum Gasteiger partial charge on any atom is 0.150 e. The largest absolute Gasteiger partial charge is 0.329 e. The van der Waals surface area contributed by atoms with Gasteiger partial charge in [0.05, 0.1) is 11.5 Å². The van der Waals surface area contributed by atoms with E-state index in [2.05, 4.69) is 9.80 Å². The second kappa shape index (κ2) is 5.55. The van der Waals surface area contributed by atoms with Crippen LogP contribution in [0.5, 0.6) is 0 Å². The van der Waals surface area contributed by atoms with Crippen LogP contribution in [-0.2, 0) is 9.84 Å². The Kier molecular flexibility index (Phi) is 4.10. The quantitative estimate of drug-likeness (QED) is 0.787. The Morgan fingerprint density at radius 2 is 1.65 bits per heavy atom. The van der Waals surface area contributed by atoms with Crippen LogP contribution in [0, 0.1) is 5.92 Å². The van der Waals surface area contributed by atoms with Gasteiger partial charge in [0.15, 0.2) is 0 Å². The van der Waals surface area contributed by atoms with Gasteiger partial charge in [-0.1, -0.05) is 0 Å².